The van der Waals surface area contributed by atoms with Gasteiger partial charge in [-0.25, -0.2) is 8.42 Å². The summed E-state index contributed by atoms with van der Waals surface area (Å²) in [6.07, 6.45) is 3.49. The molecule has 0 unspecified atom stereocenters. The molecule has 0 aromatic carbocycles. The molecule has 0 spiro atoms. The first-order chi connectivity index (χ1) is 7.70. The van der Waals surface area contributed by atoms with Crippen LogP contribution in [-0.2, 0) is 10.0 Å². The SMILES string of the molecule is CC(C)(C)CCS(=O)(=O)Nc1cnccc1Cl. The molecule has 0 saturated heterocycles. The lowest BCUT2D eigenvalue weighted by atomic mass is 9.94. The molecule has 0 aliphatic heterocycles. The van der Waals surface area contributed by atoms with Crippen molar-refractivity contribution in [2.24, 2.45) is 5.41 Å². The first-order valence-electron chi connectivity index (χ1n) is 5.30. The normalized spacial score (nSPS) is 12.5. The Morgan fingerprint density at radius 2 is 2.06 bits per heavy atom. The van der Waals surface area contributed by atoms with Crippen molar-refractivity contribution < 1.29 is 8.42 Å². The lowest BCUT2D eigenvalue weighted by Crippen LogP contribution is -2.21. The standard InChI is InChI=1S/C11H17ClN2O2S/c1-11(2,3)5-7-17(15,16)14-10-8-13-6-4-9(10)12/h4,6,8,14H,5,7H2,1-3H3. The van der Waals surface area contributed by atoms with Crippen molar-refractivity contribution in [3.05, 3.63) is 23.5 Å². The van der Waals surface area contributed by atoms with Gasteiger partial charge < -0.3 is 0 Å². The van der Waals surface area contributed by atoms with E-state index in [9.17, 15) is 8.42 Å². The van der Waals surface area contributed by atoms with E-state index in [-0.39, 0.29) is 11.2 Å². The number of sulfonamides is 1. The van der Waals surface area contributed by atoms with Crippen LogP contribution in [0.5, 0.6) is 0 Å². The molecular formula is C11H17ClN2O2S. The van der Waals surface area contributed by atoms with Gasteiger partial charge in [0, 0.05) is 6.20 Å². The summed E-state index contributed by atoms with van der Waals surface area (Å²) in [5, 5.41) is 0.347. The van der Waals surface area contributed by atoms with Gasteiger partial charge in [-0.1, -0.05) is 32.4 Å². The predicted molar refractivity (Wildman–Crippen MR) is 70.7 cm³/mol. The Morgan fingerprint density at radius 3 is 2.59 bits per heavy atom. The second kappa shape index (κ2) is 5.23. The molecule has 1 rings (SSSR count). The second-order valence-electron chi connectivity index (χ2n) is 5.09. The number of rotatable bonds is 4. The zero-order chi connectivity index (χ0) is 13.1. The van der Waals surface area contributed by atoms with Gasteiger partial charge in [0.25, 0.3) is 0 Å². The summed E-state index contributed by atoms with van der Waals surface area (Å²) in [5.74, 6) is 0.0712. The summed E-state index contributed by atoms with van der Waals surface area (Å²) in [5.41, 5.74) is 0.302. The Labute approximate surface area is 107 Å². The van der Waals surface area contributed by atoms with Crippen LogP contribution in [0.2, 0.25) is 5.02 Å². The van der Waals surface area contributed by atoms with Crippen LogP contribution in [0.25, 0.3) is 0 Å². The largest absolute Gasteiger partial charge is 0.280 e. The van der Waals surface area contributed by atoms with Crippen LogP contribution in [0.3, 0.4) is 0 Å². The fourth-order valence-corrected chi connectivity index (χ4v) is 2.80. The number of pyridine rings is 1. The predicted octanol–water partition coefficient (Wildman–Crippen LogP) is 2.91. The average molecular weight is 277 g/mol. The first-order valence-corrected chi connectivity index (χ1v) is 7.33. The van der Waals surface area contributed by atoms with Crippen LogP contribution in [0.15, 0.2) is 18.5 Å². The second-order valence-corrected chi connectivity index (χ2v) is 7.34. The van der Waals surface area contributed by atoms with Gasteiger partial charge in [-0.05, 0) is 17.9 Å². The van der Waals surface area contributed by atoms with Crippen molar-refractivity contribution in [3.8, 4) is 0 Å². The highest BCUT2D eigenvalue weighted by atomic mass is 35.5. The monoisotopic (exact) mass is 276 g/mol. The molecule has 1 aromatic rings. The Bertz CT molecular complexity index is 480. The quantitative estimate of drug-likeness (QED) is 0.920. The van der Waals surface area contributed by atoms with E-state index < -0.39 is 10.0 Å². The van der Waals surface area contributed by atoms with E-state index in [2.05, 4.69) is 9.71 Å². The topological polar surface area (TPSA) is 59.1 Å². The number of halogens is 1. The maximum absolute atomic E-state index is 11.8. The van der Waals surface area contributed by atoms with Crippen molar-refractivity contribution in [1.29, 1.82) is 0 Å². The summed E-state index contributed by atoms with van der Waals surface area (Å²) < 4.78 is 26.0. The van der Waals surface area contributed by atoms with Gasteiger partial charge in [0.1, 0.15) is 0 Å². The third kappa shape index (κ3) is 5.37. The number of hydrogen-bond donors (Lipinski definition) is 1. The maximum Gasteiger partial charge on any atom is 0.232 e. The molecule has 1 aromatic heterocycles. The van der Waals surface area contributed by atoms with Crippen LogP contribution < -0.4 is 4.72 Å². The molecule has 0 aliphatic carbocycles. The zero-order valence-corrected chi connectivity index (χ0v) is 11.8. The molecule has 6 heteroatoms. The van der Waals surface area contributed by atoms with E-state index in [0.717, 1.165) is 0 Å². The minimum absolute atomic E-state index is 0.0204. The fraction of sp³-hybridized carbons (Fsp3) is 0.545. The molecular weight excluding hydrogens is 260 g/mol. The smallest absolute Gasteiger partial charge is 0.232 e. The van der Waals surface area contributed by atoms with Crippen LogP contribution in [0.4, 0.5) is 5.69 Å². The highest BCUT2D eigenvalue weighted by Gasteiger charge is 2.18. The number of nitrogens with one attached hydrogen (secondary N) is 1. The van der Waals surface area contributed by atoms with E-state index in [1.165, 1.54) is 12.4 Å². The highest BCUT2D eigenvalue weighted by molar-refractivity contribution is 7.92. The summed E-state index contributed by atoms with van der Waals surface area (Å²) >= 11 is 5.85. The van der Waals surface area contributed by atoms with Gasteiger partial charge in [-0.3, -0.25) is 9.71 Å². The molecule has 0 amide bonds. The Hall–Kier alpha value is -0.810. The molecule has 4 nitrogen and oxygen atoms in total. The van der Waals surface area contributed by atoms with E-state index in [4.69, 9.17) is 11.6 Å². The van der Waals surface area contributed by atoms with Crippen molar-refractivity contribution in [2.45, 2.75) is 27.2 Å². The Morgan fingerprint density at radius 1 is 1.41 bits per heavy atom. The molecule has 96 valence electrons. The fourth-order valence-electron chi connectivity index (χ4n) is 1.11. The minimum atomic E-state index is -3.36. The van der Waals surface area contributed by atoms with Gasteiger partial charge in [-0.15, -0.1) is 0 Å². The average Bonchev–Trinajstić information content (AvgIpc) is 2.18. The molecule has 1 heterocycles. The number of nitrogens with zero attached hydrogens (tertiary/aromatic N) is 1. The lowest BCUT2D eigenvalue weighted by molar-refractivity contribution is 0.397. The highest BCUT2D eigenvalue weighted by Crippen LogP contribution is 2.23. The van der Waals surface area contributed by atoms with Gasteiger partial charge >= 0.3 is 0 Å². The summed E-state index contributed by atoms with van der Waals surface area (Å²) in [6, 6.07) is 1.54. The van der Waals surface area contributed by atoms with Gasteiger partial charge in [0.05, 0.1) is 22.7 Å². The molecule has 0 radical (unpaired) electrons. The minimum Gasteiger partial charge on any atom is -0.280 e. The van der Waals surface area contributed by atoms with Gasteiger partial charge in [0.2, 0.25) is 10.0 Å². The van der Waals surface area contributed by atoms with Crippen molar-refractivity contribution in [1.82, 2.24) is 4.98 Å². The number of hydrogen-bond acceptors (Lipinski definition) is 3. The van der Waals surface area contributed by atoms with E-state index >= 15 is 0 Å². The van der Waals surface area contributed by atoms with Crippen molar-refractivity contribution in [3.63, 3.8) is 0 Å². The molecule has 1 N–H and O–H groups in total. The van der Waals surface area contributed by atoms with Gasteiger partial charge in [0.15, 0.2) is 0 Å². The first kappa shape index (κ1) is 14.3. The summed E-state index contributed by atoms with van der Waals surface area (Å²) in [4.78, 5) is 3.83. The molecule has 0 aliphatic rings. The van der Waals surface area contributed by atoms with Crippen LogP contribution in [0, 0.1) is 5.41 Å². The molecule has 0 atom stereocenters. The Balaban J connectivity index is 2.71. The summed E-state index contributed by atoms with van der Waals surface area (Å²) in [7, 11) is -3.36. The maximum atomic E-state index is 11.8. The third-order valence-electron chi connectivity index (χ3n) is 2.15. The molecule has 0 bridgehead atoms. The van der Waals surface area contributed by atoms with Crippen LogP contribution in [-0.4, -0.2) is 19.2 Å². The number of aromatic nitrogens is 1. The van der Waals surface area contributed by atoms with E-state index in [1.54, 1.807) is 6.07 Å². The summed E-state index contributed by atoms with van der Waals surface area (Å²) in [6.45, 7) is 6.00. The molecule has 17 heavy (non-hydrogen) atoms. The lowest BCUT2D eigenvalue weighted by Gasteiger charge is -2.18. The van der Waals surface area contributed by atoms with E-state index in [0.29, 0.717) is 17.1 Å². The van der Waals surface area contributed by atoms with Crippen LogP contribution >= 0.6 is 11.6 Å². The Kier molecular flexibility index (Phi) is 4.38. The van der Waals surface area contributed by atoms with Crippen LogP contribution in [0.1, 0.15) is 27.2 Å². The zero-order valence-electron chi connectivity index (χ0n) is 10.2. The number of anilines is 1. The molecule has 0 fully saturated rings. The molecule has 0 saturated carbocycles. The van der Waals surface area contributed by atoms with Crippen molar-refractivity contribution in [2.75, 3.05) is 10.5 Å². The van der Waals surface area contributed by atoms with E-state index in [1.807, 2.05) is 20.8 Å². The van der Waals surface area contributed by atoms with Crippen molar-refractivity contribution >= 4 is 27.3 Å². The third-order valence-corrected chi connectivity index (χ3v) is 3.76. The van der Waals surface area contributed by atoms with Gasteiger partial charge in [-0.2, -0.15) is 0 Å².